The average molecular weight is 287 g/mol. The fourth-order valence-electron chi connectivity index (χ4n) is 1.95. The van der Waals surface area contributed by atoms with Gasteiger partial charge in [-0.2, -0.15) is 5.10 Å². The maximum atomic E-state index is 12.3. The quantitative estimate of drug-likeness (QED) is 0.776. The van der Waals surface area contributed by atoms with Crippen molar-refractivity contribution < 1.29 is 9.59 Å². The minimum absolute atomic E-state index is 0.129. The topological polar surface area (TPSA) is 107 Å². The van der Waals surface area contributed by atoms with Crippen LogP contribution in [0.25, 0.3) is 5.69 Å². The molecule has 0 radical (unpaired) electrons. The van der Waals surface area contributed by atoms with Gasteiger partial charge in [0.05, 0.1) is 17.9 Å². The molecule has 0 aliphatic rings. The second-order valence-corrected chi connectivity index (χ2v) is 4.49. The fraction of sp³-hybridized carbons (Fsp3) is 0.214. The minimum atomic E-state index is -0.558. The van der Waals surface area contributed by atoms with Crippen LogP contribution in [-0.4, -0.2) is 39.6 Å². The monoisotopic (exact) mass is 287 g/mol. The lowest BCUT2D eigenvalue weighted by atomic mass is 10.3. The number of anilines is 1. The molecule has 0 fully saturated rings. The van der Waals surface area contributed by atoms with Crippen LogP contribution in [0.15, 0.2) is 36.5 Å². The van der Waals surface area contributed by atoms with E-state index in [1.165, 1.54) is 9.58 Å². The average Bonchev–Trinajstić information content (AvgIpc) is 2.94. The first-order valence-electron chi connectivity index (χ1n) is 6.51. The molecule has 2 rings (SSSR count). The summed E-state index contributed by atoms with van der Waals surface area (Å²) in [6.45, 7) is 2.02. The Morgan fingerprint density at radius 1 is 1.29 bits per heavy atom. The second-order valence-electron chi connectivity index (χ2n) is 4.49. The first-order chi connectivity index (χ1) is 10.0. The summed E-state index contributed by atoms with van der Waals surface area (Å²) >= 11 is 0. The van der Waals surface area contributed by atoms with Gasteiger partial charge in [-0.15, -0.1) is 0 Å². The number of carbonyl (C=O) groups excluding carboxylic acids is 2. The van der Waals surface area contributed by atoms with E-state index in [1.807, 2.05) is 12.1 Å². The van der Waals surface area contributed by atoms with E-state index >= 15 is 0 Å². The van der Waals surface area contributed by atoms with Crippen LogP contribution in [0.4, 0.5) is 5.69 Å². The van der Waals surface area contributed by atoms with Gasteiger partial charge in [-0.25, -0.2) is 4.68 Å². The smallest absolute Gasteiger partial charge is 0.274 e. The summed E-state index contributed by atoms with van der Waals surface area (Å²) < 4.78 is 1.53. The number of para-hydroxylation sites is 2. The van der Waals surface area contributed by atoms with Gasteiger partial charge in [-0.3, -0.25) is 9.59 Å². The maximum Gasteiger partial charge on any atom is 0.274 e. The van der Waals surface area contributed by atoms with Crippen LogP contribution in [0, 0.1) is 0 Å². The highest BCUT2D eigenvalue weighted by atomic mass is 16.2. The van der Waals surface area contributed by atoms with Crippen molar-refractivity contribution in [1.82, 2.24) is 14.7 Å². The number of primary amides is 1. The van der Waals surface area contributed by atoms with E-state index in [1.54, 1.807) is 31.3 Å². The number of hydrogen-bond acceptors (Lipinski definition) is 4. The SMILES string of the molecule is CCN(CC(N)=O)C(=O)c1ccn(-c2ccccc2N)n1. The predicted molar refractivity (Wildman–Crippen MR) is 78.7 cm³/mol. The molecule has 1 aromatic carbocycles. The molecule has 0 saturated carbocycles. The van der Waals surface area contributed by atoms with Crippen LogP contribution < -0.4 is 11.5 Å². The van der Waals surface area contributed by atoms with E-state index in [0.717, 1.165) is 0 Å². The van der Waals surface area contributed by atoms with Gasteiger partial charge >= 0.3 is 0 Å². The molecular weight excluding hydrogens is 270 g/mol. The molecule has 4 N–H and O–H groups in total. The van der Waals surface area contributed by atoms with Crippen LogP contribution in [-0.2, 0) is 4.79 Å². The van der Waals surface area contributed by atoms with Crippen LogP contribution >= 0.6 is 0 Å². The third-order valence-electron chi connectivity index (χ3n) is 3.01. The molecule has 0 unspecified atom stereocenters. The molecule has 0 atom stereocenters. The Balaban J connectivity index is 2.25. The highest BCUT2D eigenvalue weighted by molar-refractivity contribution is 5.94. The number of hydrogen-bond donors (Lipinski definition) is 2. The standard InChI is InChI=1S/C14H17N5O2/c1-2-18(9-13(16)20)14(21)11-7-8-19(17-11)12-6-4-3-5-10(12)15/h3-8H,2,9,15H2,1H3,(H2,16,20). The summed E-state index contributed by atoms with van der Waals surface area (Å²) in [4.78, 5) is 24.6. The molecule has 0 aliphatic carbocycles. The molecule has 2 aromatic rings. The van der Waals surface area contributed by atoms with E-state index in [4.69, 9.17) is 11.5 Å². The number of amides is 2. The third kappa shape index (κ3) is 3.19. The zero-order valence-corrected chi connectivity index (χ0v) is 11.7. The van der Waals surface area contributed by atoms with E-state index < -0.39 is 5.91 Å². The minimum Gasteiger partial charge on any atom is -0.397 e. The van der Waals surface area contributed by atoms with Gasteiger partial charge in [0.1, 0.15) is 0 Å². The number of nitrogens with two attached hydrogens (primary N) is 2. The molecule has 2 amide bonds. The maximum absolute atomic E-state index is 12.3. The normalized spacial score (nSPS) is 10.3. The molecular formula is C14H17N5O2. The van der Waals surface area contributed by atoms with Gasteiger partial charge in [0, 0.05) is 12.7 Å². The molecule has 0 spiro atoms. The molecule has 0 saturated heterocycles. The van der Waals surface area contributed by atoms with E-state index in [9.17, 15) is 9.59 Å². The van der Waals surface area contributed by atoms with Gasteiger partial charge in [0.2, 0.25) is 5.91 Å². The largest absolute Gasteiger partial charge is 0.397 e. The van der Waals surface area contributed by atoms with Crippen molar-refractivity contribution in [1.29, 1.82) is 0 Å². The summed E-state index contributed by atoms with van der Waals surface area (Å²) in [6, 6.07) is 8.79. The Labute approximate surface area is 122 Å². The van der Waals surface area contributed by atoms with Crippen molar-refractivity contribution in [2.24, 2.45) is 5.73 Å². The number of aromatic nitrogens is 2. The van der Waals surface area contributed by atoms with Crippen molar-refractivity contribution in [3.05, 3.63) is 42.2 Å². The number of likely N-dealkylation sites (N-methyl/N-ethyl adjacent to an activating group) is 1. The molecule has 0 aliphatic heterocycles. The lowest BCUT2D eigenvalue weighted by Crippen LogP contribution is -2.38. The van der Waals surface area contributed by atoms with Crippen LogP contribution in [0.3, 0.4) is 0 Å². The van der Waals surface area contributed by atoms with E-state index in [2.05, 4.69) is 5.10 Å². The lowest BCUT2D eigenvalue weighted by molar-refractivity contribution is -0.118. The molecule has 110 valence electrons. The first-order valence-corrected chi connectivity index (χ1v) is 6.51. The van der Waals surface area contributed by atoms with Crippen molar-refractivity contribution in [2.45, 2.75) is 6.92 Å². The summed E-state index contributed by atoms with van der Waals surface area (Å²) in [5.41, 5.74) is 12.5. The highest BCUT2D eigenvalue weighted by Crippen LogP contribution is 2.16. The highest BCUT2D eigenvalue weighted by Gasteiger charge is 2.19. The number of benzene rings is 1. The van der Waals surface area contributed by atoms with Crippen molar-refractivity contribution in [2.75, 3.05) is 18.8 Å². The predicted octanol–water partition coefficient (Wildman–Crippen LogP) is 0.402. The van der Waals surface area contributed by atoms with Gasteiger partial charge in [0.15, 0.2) is 5.69 Å². The van der Waals surface area contributed by atoms with Crippen LogP contribution in [0.2, 0.25) is 0 Å². The van der Waals surface area contributed by atoms with Gasteiger partial charge in [0.25, 0.3) is 5.91 Å². The number of rotatable bonds is 5. The van der Waals surface area contributed by atoms with Crippen LogP contribution in [0.5, 0.6) is 0 Å². The Bertz CT molecular complexity index is 665. The molecule has 0 bridgehead atoms. The van der Waals surface area contributed by atoms with E-state index in [0.29, 0.717) is 17.9 Å². The molecule has 1 heterocycles. The summed E-state index contributed by atoms with van der Waals surface area (Å²) in [7, 11) is 0. The fourth-order valence-corrected chi connectivity index (χ4v) is 1.95. The molecule has 1 aromatic heterocycles. The Hall–Kier alpha value is -2.83. The van der Waals surface area contributed by atoms with Crippen molar-refractivity contribution >= 4 is 17.5 Å². The Morgan fingerprint density at radius 3 is 2.62 bits per heavy atom. The number of nitrogen functional groups attached to an aromatic ring is 1. The van der Waals surface area contributed by atoms with Gasteiger partial charge in [-0.1, -0.05) is 12.1 Å². The third-order valence-corrected chi connectivity index (χ3v) is 3.01. The second kappa shape index (κ2) is 6.08. The molecule has 21 heavy (non-hydrogen) atoms. The van der Waals surface area contributed by atoms with E-state index in [-0.39, 0.29) is 18.1 Å². The summed E-state index contributed by atoms with van der Waals surface area (Å²) in [5.74, 6) is -0.901. The number of carbonyl (C=O) groups is 2. The molecule has 7 heteroatoms. The van der Waals surface area contributed by atoms with Crippen molar-refractivity contribution in [3.8, 4) is 5.69 Å². The van der Waals surface area contributed by atoms with Gasteiger partial charge in [-0.05, 0) is 25.1 Å². The zero-order chi connectivity index (χ0) is 15.4. The van der Waals surface area contributed by atoms with Gasteiger partial charge < -0.3 is 16.4 Å². The zero-order valence-electron chi connectivity index (χ0n) is 11.7. The summed E-state index contributed by atoms with van der Waals surface area (Å²) in [5, 5.41) is 4.21. The van der Waals surface area contributed by atoms with Crippen LogP contribution in [0.1, 0.15) is 17.4 Å². The number of nitrogens with zero attached hydrogens (tertiary/aromatic N) is 3. The summed E-state index contributed by atoms with van der Waals surface area (Å²) in [6.07, 6.45) is 1.65. The van der Waals surface area contributed by atoms with Crippen molar-refractivity contribution in [3.63, 3.8) is 0 Å². The Morgan fingerprint density at radius 2 is 2.00 bits per heavy atom. The Kier molecular flexibility index (Phi) is 4.22. The molecule has 7 nitrogen and oxygen atoms in total. The first kappa shape index (κ1) is 14.6. The lowest BCUT2D eigenvalue weighted by Gasteiger charge is -2.17.